The van der Waals surface area contributed by atoms with Crippen molar-refractivity contribution in [2.45, 2.75) is 145 Å². The average Bonchev–Trinajstić information content (AvgIpc) is 3.87. The molecule has 0 radical (unpaired) electrons. The number of nitrogens with one attached hydrogen (secondary N) is 4. The number of aryl methyl sites for hydroxylation is 1. The molecule has 2 aromatic heterocycles. The monoisotopic (exact) mass is 916 g/mol. The van der Waals surface area contributed by atoms with Gasteiger partial charge in [-0.3, -0.25) is 9.59 Å². The molecule has 8 atom stereocenters. The summed E-state index contributed by atoms with van der Waals surface area (Å²) < 4.78 is 22.1. The molecule has 67 heavy (non-hydrogen) atoms. The van der Waals surface area contributed by atoms with Crippen LogP contribution in [-0.2, 0) is 28.5 Å². The highest BCUT2D eigenvalue weighted by atomic mass is 16.5. The van der Waals surface area contributed by atoms with Gasteiger partial charge in [0.1, 0.15) is 23.7 Å². The minimum absolute atomic E-state index is 0.0162. The van der Waals surface area contributed by atoms with Gasteiger partial charge in [0.2, 0.25) is 11.8 Å². The lowest BCUT2D eigenvalue weighted by atomic mass is 9.86. The van der Waals surface area contributed by atoms with Crippen molar-refractivity contribution < 1.29 is 38.1 Å². The van der Waals surface area contributed by atoms with Gasteiger partial charge >= 0.3 is 12.2 Å². The van der Waals surface area contributed by atoms with Gasteiger partial charge in [-0.05, 0) is 126 Å². The summed E-state index contributed by atoms with van der Waals surface area (Å²) in [6.07, 6.45) is 12.7. The second kappa shape index (κ2) is 18.1. The molecule has 2 saturated carbocycles. The van der Waals surface area contributed by atoms with Crippen LogP contribution in [0.3, 0.4) is 0 Å². The molecule has 2 aromatic carbocycles. The molecule has 2 spiro atoms. The molecule has 16 nitrogen and oxygen atoms in total. The molecule has 4 amide bonds. The van der Waals surface area contributed by atoms with Crippen LogP contribution in [0.5, 0.6) is 0 Å². The van der Waals surface area contributed by atoms with E-state index in [1.54, 1.807) is 0 Å². The van der Waals surface area contributed by atoms with Crippen molar-refractivity contribution in [1.29, 1.82) is 0 Å². The van der Waals surface area contributed by atoms with Crippen molar-refractivity contribution in [1.82, 2.24) is 40.4 Å². The molecule has 4 saturated heterocycles. The van der Waals surface area contributed by atoms with Gasteiger partial charge in [-0.15, -0.1) is 0 Å². The van der Waals surface area contributed by atoms with Gasteiger partial charge < -0.3 is 49.3 Å². The highest BCUT2D eigenvalue weighted by Gasteiger charge is 2.53. The van der Waals surface area contributed by atoms with Gasteiger partial charge in [0, 0.05) is 48.8 Å². The Hall–Kier alpha value is -5.74. The molecule has 16 heteroatoms. The van der Waals surface area contributed by atoms with Crippen LogP contribution in [0.15, 0.2) is 54.9 Å². The minimum atomic E-state index is -0.703. The summed E-state index contributed by atoms with van der Waals surface area (Å²) in [6, 6.07) is 12.8. The van der Waals surface area contributed by atoms with Gasteiger partial charge in [-0.1, -0.05) is 42.5 Å². The number of hydrogen-bond acceptors (Lipinski definition) is 10. The topological polar surface area (TPSA) is 193 Å². The molecule has 2 aliphatic carbocycles. The van der Waals surface area contributed by atoms with E-state index in [-0.39, 0.29) is 59.0 Å². The first-order chi connectivity index (χ1) is 32.4. The van der Waals surface area contributed by atoms with Crippen molar-refractivity contribution in [2.24, 2.45) is 11.8 Å². The maximum atomic E-state index is 14.5. The highest BCUT2D eigenvalue weighted by molar-refractivity contribution is 5.88. The van der Waals surface area contributed by atoms with Crippen LogP contribution in [0, 0.1) is 18.8 Å². The van der Waals surface area contributed by atoms with Gasteiger partial charge in [-0.25, -0.2) is 19.6 Å². The summed E-state index contributed by atoms with van der Waals surface area (Å²) in [4.78, 5) is 74.8. The number of methoxy groups -OCH3 is 2. The van der Waals surface area contributed by atoms with E-state index in [0.29, 0.717) is 26.1 Å². The summed E-state index contributed by atoms with van der Waals surface area (Å²) in [5, 5.41) is 5.81. The molecule has 4 unspecified atom stereocenters. The van der Waals surface area contributed by atoms with Crippen molar-refractivity contribution in [2.75, 3.05) is 27.4 Å². The van der Waals surface area contributed by atoms with Crippen LogP contribution in [0.1, 0.15) is 120 Å². The number of aromatic amines is 2. The standard InChI is InChI=1S/C51H64N8O8/c1-29-24-34(12-13-37(29)39-28-53-45(55-39)41-15-7-31(3)59(41)47(61)43(57-49(63)65-5)36-17-23-67-51(26-36)20-21-51)32-8-10-33(11-9-32)38-27-52-44(54-38)40-14-6-30(2)58(40)46(60)42(56-48(62)64-4)35-16-22-66-50(25-35)18-19-50/h8-13,24,27-28,30-31,35-36,40-43H,6-7,14-23,25-26H2,1-5H3,(H,52,54)(H,53,55)(H,56,62)(H,57,63)/t30-,31-,35?,36?,40-,41-,42?,43?/m0/s1. The summed E-state index contributed by atoms with van der Waals surface area (Å²) in [6.45, 7) is 7.38. The molecule has 0 bridgehead atoms. The van der Waals surface area contributed by atoms with Crippen LogP contribution in [0.25, 0.3) is 33.6 Å². The first kappa shape index (κ1) is 45.1. The summed E-state index contributed by atoms with van der Waals surface area (Å²) in [7, 11) is 2.66. The number of likely N-dealkylation sites (tertiary alicyclic amines) is 2. The molecule has 10 rings (SSSR count). The van der Waals surface area contributed by atoms with Gasteiger partial charge in [-0.2, -0.15) is 0 Å². The molecule has 356 valence electrons. The van der Waals surface area contributed by atoms with E-state index in [1.165, 1.54) is 14.2 Å². The van der Waals surface area contributed by atoms with E-state index in [1.807, 2.05) is 22.2 Å². The maximum Gasteiger partial charge on any atom is 0.407 e. The number of nitrogens with zero attached hydrogens (tertiary/aromatic N) is 4. The van der Waals surface area contributed by atoms with Gasteiger partial charge in [0.05, 0.1) is 48.9 Å². The second-order valence-corrected chi connectivity index (χ2v) is 20.1. The van der Waals surface area contributed by atoms with Gasteiger partial charge in [0.15, 0.2) is 0 Å². The fourth-order valence-electron chi connectivity index (χ4n) is 11.6. The Morgan fingerprint density at radius 3 is 1.60 bits per heavy atom. The minimum Gasteiger partial charge on any atom is -0.453 e. The number of carbonyl (C=O) groups excluding carboxylic acids is 4. The van der Waals surface area contributed by atoms with Crippen LogP contribution >= 0.6 is 0 Å². The molecule has 4 aliphatic heterocycles. The molecule has 6 heterocycles. The number of carbonyl (C=O) groups is 4. The Balaban J connectivity index is 0.816. The van der Waals surface area contributed by atoms with E-state index >= 15 is 0 Å². The molecule has 4 aromatic rings. The highest BCUT2D eigenvalue weighted by Crippen LogP contribution is 2.51. The number of rotatable bonds is 11. The quantitative estimate of drug-likeness (QED) is 0.115. The van der Waals surface area contributed by atoms with E-state index in [9.17, 15) is 19.2 Å². The van der Waals surface area contributed by atoms with E-state index < -0.39 is 24.3 Å². The second-order valence-electron chi connectivity index (χ2n) is 20.1. The van der Waals surface area contributed by atoms with Crippen molar-refractivity contribution in [3.05, 3.63) is 72.1 Å². The number of alkyl carbamates (subject to hydrolysis) is 2. The summed E-state index contributed by atoms with van der Waals surface area (Å²) in [5.41, 5.74) is 6.44. The third-order valence-corrected chi connectivity index (χ3v) is 15.8. The van der Waals surface area contributed by atoms with Crippen LogP contribution in [-0.4, -0.2) is 117 Å². The number of imidazole rings is 2. The lowest BCUT2D eigenvalue weighted by Gasteiger charge is -2.38. The lowest BCUT2D eigenvalue weighted by molar-refractivity contribution is -0.140. The summed E-state index contributed by atoms with van der Waals surface area (Å²) >= 11 is 0. The first-order valence-corrected chi connectivity index (χ1v) is 24.3. The van der Waals surface area contributed by atoms with Gasteiger partial charge in [0.25, 0.3) is 0 Å². The zero-order valence-corrected chi connectivity index (χ0v) is 39.3. The number of amides is 4. The number of ether oxygens (including phenoxy) is 4. The smallest absolute Gasteiger partial charge is 0.407 e. The van der Waals surface area contributed by atoms with E-state index in [2.05, 4.69) is 83.8 Å². The first-order valence-electron chi connectivity index (χ1n) is 24.3. The zero-order chi connectivity index (χ0) is 46.6. The Morgan fingerprint density at radius 1 is 0.657 bits per heavy atom. The van der Waals surface area contributed by atoms with E-state index in [4.69, 9.17) is 28.9 Å². The SMILES string of the molecule is COC(=O)NC(C(=O)N1[C@@H](C)CC[C@H]1c1nc(-c2ccc(-c3ccc(-c4c[nH]c([C@@H]5CC[C@H](C)N5C(=O)C(NC(=O)OC)C5CCOC6(CC6)C5)n4)c(C)c3)cc2)c[nH]1)C1CCOC2(CC2)C1. The molecular weight excluding hydrogens is 853 g/mol. The fourth-order valence-corrected chi connectivity index (χ4v) is 11.6. The Kier molecular flexibility index (Phi) is 12.1. The Labute approximate surface area is 391 Å². The number of benzene rings is 2. The Morgan fingerprint density at radius 2 is 1.12 bits per heavy atom. The van der Waals surface area contributed by atoms with E-state index in [0.717, 1.165) is 115 Å². The largest absolute Gasteiger partial charge is 0.453 e. The molecule has 6 fully saturated rings. The lowest BCUT2D eigenvalue weighted by Crippen LogP contribution is -2.55. The van der Waals surface area contributed by atoms with Crippen LogP contribution in [0.4, 0.5) is 9.59 Å². The maximum absolute atomic E-state index is 14.5. The molecular formula is C51H64N8O8. The number of aromatic nitrogens is 4. The molecule has 6 aliphatic rings. The number of hydrogen-bond donors (Lipinski definition) is 4. The third-order valence-electron chi connectivity index (χ3n) is 15.8. The Bertz CT molecular complexity index is 2490. The zero-order valence-electron chi connectivity index (χ0n) is 39.3. The van der Waals surface area contributed by atoms with Crippen molar-refractivity contribution in [3.8, 4) is 33.6 Å². The third kappa shape index (κ3) is 8.94. The van der Waals surface area contributed by atoms with Crippen LogP contribution < -0.4 is 10.6 Å². The van der Waals surface area contributed by atoms with Crippen molar-refractivity contribution >= 4 is 24.0 Å². The normalized spacial score (nSPS) is 26.8. The summed E-state index contributed by atoms with van der Waals surface area (Å²) in [5.74, 6) is 1.20. The number of H-pyrrole nitrogens is 2. The van der Waals surface area contributed by atoms with Crippen molar-refractivity contribution in [3.63, 3.8) is 0 Å². The predicted octanol–water partition coefficient (Wildman–Crippen LogP) is 7.91. The fraction of sp³-hybridized carbons (Fsp3) is 0.569. The molecule has 4 N–H and O–H groups in total. The van der Waals surface area contributed by atoms with Crippen LogP contribution in [0.2, 0.25) is 0 Å². The average molecular weight is 917 g/mol. The predicted molar refractivity (Wildman–Crippen MR) is 248 cm³/mol.